The predicted molar refractivity (Wildman–Crippen MR) is 91.2 cm³/mol. The highest BCUT2D eigenvalue weighted by atomic mass is 16.7. The van der Waals surface area contributed by atoms with Crippen LogP contribution in [0.1, 0.15) is 39.0 Å². The van der Waals surface area contributed by atoms with Gasteiger partial charge < -0.3 is 35.0 Å². The van der Waals surface area contributed by atoms with Crippen LogP contribution in [0.2, 0.25) is 0 Å². The van der Waals surface area contributed by atoms with E-state index in [9.17, 15) is 30.3 Å². The first-order valence-corrected chi connectivity index (χ1v) is 9.24. The molecule has 1 aliphatic carbocycles. The number of aliphatic hydroxyl groups is 4. The molecule has 8 atom stereocenters. The van der Waals surface area contributed by atoms with Crippen LogP contribution in [0, 0.1) is 11.8 Å². The van der Waals surface area contributed by atoms with Crippen LogP contribution in [0.5, 0.6) is 0 Å². The van der Waals surface area contributed by atoms with E-state index in [0.717, 1.165) is 19.3 Å². The lowest BCUT2D eigenvalue weighted by molar-refractivity contribution is -0.320. The Morgan fingerprint density at radius 3 is 2.50 bits per heavy atom. The third kappa shape index (κ3) is 4.82. The number of aliphatic carboxylic acids is 1. The number of aliphatic hydroxyl groups excluding tert-OH is 4. The van der Waals surface area contributed by atoms with Gasteiger partial charge in [-0.15, -0.1) is 0 Å². The zero-order valence-electron chi connectivity index (χ0n) is 15.0. The summed E-state index contributed by atoms with van der Waals surface area (Å²) in [5.74, 6) is -1.76. The summed E-state index contributed by atoms with van der Waals surface area (Å²) < 4.78 is 11.2. The Kier molecular flexibility index (Phi) is 8.00. The van der Waals surface area contributed by atoms with Crippen molar-refractivity contribution in [3.8, 4) is 0 Å². The predicted octanol–water partition coefficient (Wildman–Crippen LogP) is 0.0287. The van der Waals surface area contributed by atoms with Crippen LogP contribution in [0.15, 0.2) is 12.2 Å². The van der Waals surface area contributed by atoms with Crippen LogP contribution < -0.4 is 0 Å². The monoisotopic (exact) mass is 374 g/mol. The summed E-state index contributed by atoms with van der Waals surface area (Å²) in [6, 6.07) is 0. The van der Waals surface area contributed by atoms with Crippen LogP contribution in [-0.2, 0) is 14.3 Å². The lowest BCUT2D eigenvalue weighted by atomic mass is 9.77. The largest absolute Gasteiger partial charge is 0.481 e. The second kappa shape index (κ2) is 9.77. The summed E-state index contributed by atoms with van der Waals surface area (Å²) in [5, 5.41) is 48.8. The molecule has 0 bridgehead atoms. The van der Waals surface area contributed by atoms with Crippen molar-refractivity contribution in [3.63, 3.8) is 0 Å². The Morgan fingerprint density at radius 1 is 1.15 bits per heavy atom. The van der Waals surface area contributed by atoms with Gasteiger partial charge in [0.2, 0.25) is 0 Å². The minimum absolute atomic E-state index is 0.0555. The second-order valence-corrected chi connectivity index (χ2v) is 7.05. The highest BCUT2D eigenvalue weighted by molar-refractivity contribution is 5.71. The van der Waals surface area contributed by atoms with E-state index in [2.05, 4.69) is 0 Å². The average Bonchev–Trinajstić information content (AvgIpc) is 2.63. The molecule has 8 heteroatoms. The molecule has 2 rings (SSSR count). The second-order valence-electron chi connectivity index (χ2n) is 7.05. The van der Waals surface area contributed by atoms with E-state index in [1.54, 1.807) is 0 Å². The van der Waals surface area contributed by atoms with Crippen molar-refractivity contribution < 1.29 is 39.8 Å². The maximum Gasteiger partial charge on any atom is 0.309 e. The van der Waals surface area contributed by atoms with Crippen LogP contribution >= 0.6 is 0 Å². The summed E-state index contributed by atoms with van der Waals surface area (Å²) in [6.07, 6.45) is -0.0597. The summed E-state index contributed by atoms with van der Waals surface area (Å²) in [4.78, 5) is 11.7. The summed E-state index contributed by atoms with van der Waals surface area (Å²) >= 11 is 0. The topological polar surface area (TPSA) is 137 Å². The molecule has 0 aromatic heterocycles. The molecule has 1 saturated heterocycles. The summed E-state index contributed by atoms with van der Waals surface area (Å²) in [7, 11) is 0. The third-order valence-electron chi connectivity index (χ3n) is 5.25. The van der Waals surface area contributed by atoms with Crippen molar-refractivity contribution in [2.45, 2.75) is 75.8 Å². The summed E-state index contributed by atoms with van der Waals surface area (Å²) in [5.41, 5.74) is 0. The maximum atomic E-state index is 11.7. The molecule has 26 heavy (non-hydrogen) atoms. The molecule has 1 aliphatic heterocycles. The van der Waals surface area contributed by atoms with E-state index >= 15 is 0 Å². The fraction of sp³-hybridized carbons (Fsp3) is 0.833. The molecule has 2 aliphatic rings. The van der Waals surface area contributed by atoms with Gasteiger partial charge in [-0.25, -0.2) is 0 Å². The Hall–Kier alpha value is -1.03. The zero-order chi connectivity index (χ0) is 19.3. The molecule has 8 nitrogen and oxygen atoms in total. The highest BCUT2D eigenvalue weighted by Crippen LogP contribution is 2.36. The minimum Gasteiger partial charge on any atom is -0.481 e. The Morgan fingerprint density at radius 2 is 1.88 bits per heavy atom. The number of ether oxygens (including phenoxy) is 2. The van der Waals surface area contributed by atoms with Crippen molar-refractivity contribution >= 4 is 5.97 Å². The van der Waals surface area contributed by atoms with Gasteiger partial charge in [0, 0.05) is 0 Å². The van der Waals surface area contributed by atoms with Gasteiger partial charge in [-0.1, -0.05) is 25.5 Å². The summed E-state index contributed by atoms with van der Waals surface area (Å²) in [6.45, 7) is 1.46. The third-order valence-corrected chi connectivity index (χ3v) is 5.25. The number of carboxylic acids is 1. The first kappa shape index (κ1) is 21.3. The molecular weight excluding hydrogens is 344 g/mol. The molecular formula is C18H30O8. The molecule has 2 fully saturated rings. The van der Waals surface area contributed by atoms with Gasteiger partial charge in [0.25, 0.3) is 0 Å². The molecule has 1 saturated carbocycles. The highest BCUT2D eigenvalue weighted by Gasteiger charge is 2.47. The van der Waals surface area contributed by atoms with Crippen molar-refractivity contribution in [1.82, 2.24) is 0 Å². The normalized spacial score (nSPS) is 41.4. The van der Waals surface area contributed by atoms with E-state index in [1.165, 1.54) is 0 Å². The minimum atomic E-state index is -1.55. The van der Waals surface area contributed by atoms with Crippen LogP contribution in [0.25, 0.3) is 0 Å². The van der Waals surface area contributed by atoms with E-state index in [1.807, 2.05) is 19.1 Å². The molecule has 3 unspecified atom stereocenters. The van der Waals surface area contributed by atoms with Crippen molar-refractivity contribution in [2.24, 2.45) is 11.8 Å². The standard InChI is InChI=1S/C18H30O8/c1-2-3-4-6-10-7-5-8-11(17(23)24)16(10)26-18-15(22)14(21)13(20)12(9-19)25-18/h3-4,10-16,18-22H,2,5-9H2,1H3,(H,23,24)/b4-3-/t10?,11?,12-,13-,14+,15-,16?,18+/m1/s1. The zero-order valence-corrected chi connectivity index (χ0v) is 15.0. The number of carbonyl (C=O) groups is 1. The van der Waals surface area contributed by atoms with Gasteiger partial charge in [-0.2, -0.15) is 0 Å². The van der Waals surface area contributed by atoms with Gasteiger partial charge in [0.15, 0.2) is 6.29 Å². The fourth-order valence-electron chi connectivity index (χ4n) is 3.75. The fourth-order valence-corrected chi connectivity index (χ4v) is 3.75. The smallest absolute Gasteiger partial charge is 0.309 e. The molecule has 0 aromatic carbocycles. The Balaban J connectivity index is 2.16. The van der Waals surface area contributed by atoms with Crippen LogP contribution in [0.3, 0.4) is 0 Å². The van der Waals surface area contributed by atoms with Gasteiger partial charge in [-0.3, -0.25) is 4.79 Å². The molecule has 0 radical (unpaired) electrons. The molecule has 0 aromatic rings. The van der Waals surface area contributed by atoms with Crippen LogP contribution in [0.4, 0.5) is 0 Å². The first-order chi connectivity index (χ1) is 12.4. The SMILES string of the molecule is CC/C=C\CC1CCCC(C(=O)O)C1O[C@@H]1O[C@H](CO)[C@@H](O)[C@H](O)[C@H]1O. The van der Waals surface area contributed by atoms with Gasteiger partial charge in [-0.05, 0) is 31.6 Å². The molecule has 1 heterocycles. The lowest BCUT2D eigenvalue weighted by Gasteiger charge is -2.44. The average molecular weight is 374 g/mol. The van der Waals surface area contributed by atoms with E-state index < -0.39 is 55.3 Å². The Bertz CT molecular complexity index is 480. The number of carboxylic acid groups (broad SMARTS) is 1. The van der Waals surface area contributed by atoms with Gasteiger partial charge >= 0.3 is 5.97 Å². The van der Waals surface area contributed by atoms with Crippen LogP contribution in [-0.4, -0.2) is 74.9 Å². The van der Waals surface area contributed by atoms with E-state index in [4.69, 9.17) is 9.47 Å². The Labute approximate surface area is 153 Å². The molecule has 0 amide bonds. The lowest BCUT2D eigenvalue weighted by Crippen LogP contribution is -2.60. The first-order valence-electron chi connectivity index (χ1n) is 9.24. The van der Waals surface area contributed by atoms with Crippen molar-refractivity contribution in [1.29, 1.82) is 0 Å². The molecule has 0 spiro atoms. The van der Waals surface area contributed by atoms with Gasteiger partial charge in [0.1, 0.15) is 24.4 Å². The number of hydrogen-bond acceptors (Lipinski definition) is 7. The van der Waals surface area contributed by atoms with Crippen molar-refractivity contribution in [2.75, 3.05) is 6.61 Å². The molecule has 150 valence electrons. The van der Waals surface area contributed by atoms with Crippen molar-refractivity contribution in [3.05, 3.63) is 12.2 Å². The number of rotatable bonds is 7. The van der Waals surface area contributed by atoms with E-state index in [-0.39, 0.29) is 5.92 Å². The number of allylic oxidation sites excluding steroid dienone is 2. The van der Waals surface area contributed by atoms with E-state index in [0.29, 0.717) is 12.8 Å². The van der Waals surface area contributed by atoms with Gasteiger partial charge in [0.05, 0.1) is 18.6 Å². The quantitative estimate of drug-likeness (QED) is 0.394. The number of hydrogen-bond donors (Lipinski definition) is 5. The molecule has 5 N–H and O–H groups in total. The maximum absolute atomic E-state index is 11.7.